The van der Waals surface area contributed by atoms with Crippen molar-refractivity contribution in [2.75, 3.05) is 31.1 Å². The zero-order valence-electron chi connectivity index (χ0n) is 11.7. The summed E-state index contributed by atoms with van der Waals surface area (Å²) in [6, 6.07) is 2.45. The lowest BCUT2D eigenvalue weighted by atomic mass is 9.92. The Hall–Kier alpha value is -1.36. The van der Waals surface area contributed by atoms with Gasteiger partial charge in [-0.15, -0.1) is 0 Å². The first kappa shape index (κ1) is 12.7. The maximum absolute atomic E-state index is 5.54. The van der Waals surface area contributed by atoms with Crippen LogP contribution >= 0.6 is 0 Å². The third-order valence-electron chi connectivity index (χ3n) is 4.05. The molecule has 104 valence electrons. The highest BCUT2D eigenvalue weighted by Gasteiger charge is 2.36. The van der Waals surface area contributed by atoms with Crippen molar-refractivity contribution in [3.05, 3.63) is 11.8 Å². The monoisotopic (exact) mass is 262 g/mol. The molecule has 0 radical (unpaired) electrons. The number of fused-ring (bicyclic) bond motifs is 1. The summed E-state index contributed by atoms with van der Waals surface area (Å²) in [7, 11) is 0. The topological polar surface area (TPSA) is 50.3 Å². The lowest BCUT2D eigenvalue weighted by Crippen LogP contribution is -2.46. The average Bonchev–Trinajstić information content (AvgIpc) is 2.86. The van der Waals surface area contributed by atoms with Crippen molar-refractivity contribution in [1.29, 1.82) is 0 Å². The summed E-state index contributed by atoms with van der Waals surface area (Å²) in [5.74, 6) is 2.27. The van der Waals surface area contributed by atoms with Gasteiger partial charge in [-0.3, -0.25) is 0 Å². The van der Waals surface area contributed by atoms with Crippen LogP contribution in [0.25, 0.3) is 0 Å². The number of anilines is 1. The number of aromatic nitrogens is 2. The molecule has 5 heteroatoms. The van der Waals surface area contributed by atoms with Crippen LogP contribution in [0, 0.1) is 12.8 Å². The van der Waals surface area contributed by atoms with E-state index in [0.29, 0.717) is 18.5 Å². The predicted octanol–water partition coefficient (Wildman–Crippen LogP) is 1.37. The molecule has 0 spiro atoms. The second kappa shape index (κ2) is 5.33. The number of piperidine rings is 1. The van der Waals surface area contributed by atoms with Gasteiger partial charge in [-0.2, -0.15) is 4.98 Å². The van der Waals surface area contributed by atoms with E-state index >= 15 is 0 Å². The van der Waals surface area contributed by atoms with Crippen molar-refractivity contribution in [1.82, 2.24) is 15.3 Å². The molecule has 1 aromatic heterocycles. The second-order valence-electron chi connectivity index (χ2n) is 5.40. The molecule has 0 bridgehead atoms. The summed E-state index contributed by atoms with van der Waals surface area (Å²) in [5.41, 5.74) is 0.974. The molecule has 0 saturated carbocycles. The minimum absolute atomic E-state index is 0.546. The summed E-state index contributed by atoms with van der Waals surface area (Å²) in [6.45, 7) is 7.86. The lowest BCUT2D eigenvalue weighted by Gasteiger charge is -2.37. The van der Waals surface area contributed by atoms with Crippen LogP contribution in [-0.4, -0.2) is 42.3 Å². The smallest absolute Gasteiger partial charge is 0.229 e. The van der Waals surface area contributed by atoms with Crippen LogP contribution in [0.15, 0.2) is 6.07 Å². The molecule has 2 fully saturated rings. The molecule has 2 aliphatic rings. The molecule has 0 aliphatic carbocycles. The number of ether oxygens (including phenoxy) is 1. The molecule has 2 atom stereocenters. The van der Waals surface area contributed by atoms with Gasteiger partial charge >= 0.3 is 0 Å². The fourth-order valence-electron chi connectivity index (χ4n) is 3.19. The van der Waals surface area contributed by atoms with Crippen LogP contribution < -0.4 is 15.0 Å². The number of hydrogen-bond donors (Lipinski definition) is 1. The van der Waals surface area contributed by atoms with E-state index in [1.807, 2.05) is 19.9 Å². The van der Waals surface area contributed by atoms with Gasteiger partial charge in [0.1, 0.15) is 0 Å². The molecule has 2 saturated heterocycles. The first-order valence-corrected chi connectivity index (χ1v) is 7.23. The summed E-state index contributed by atoms with van der Waals surface area (Å²) in [4.78, 5) is 11.5. The van der Waals surface area contributed by atoms with Gasteiger partial charge < -0.3 is 15.0 Å². The SMILES string of the molecule is CCOc1cc(C)nc(N2CCCC3CNCC32)n1. The molecule has 3 heterocycles. The quantitative estimate of drug-likeness (QED) is 0.891. The van der Waals surface area contributed by atoms with Gasteiger partial charge in [0, 0.05) is 37.4 Å². The van der Waals surface area contributed by atoms with Gasteiger partial charge in [0.05, 0.1) is 6.61 Å². The Kier molecular flexibility index (Phi) is 3.55. The third-order valence-corrected chi connectivity index (χ3v) is 4.05. The fourth-order valence-corrected chi connectivity index (χ4v) is 3.19. The number of nitrogens with one attached hydrogen (secondary N) is 1. The number of nitrogens with zero attached hydrogens (tertiary/aromatic N) is 3. The third kappa shape index (κ3) is 2.52. The van der Waals surface area contributed by atoms with Crippen LogP contribution in [-0.2, 0) is 0 Å². The molecule has 0 aromatic carbocycles. The molecular formula is C14H22N4O. The molecule has 1 aromatic rings. The second-order valence-corrected chi connectivity index (χ2v) is 5.40. The molecule has 19 heavy (non-hydrogen) atoms. The fraction of sp³-hybridized carbons (Fsp3) is 0.714. The zero-order valence-corrected chi connectivity index (χ0v) is 11.7. The molecule has 5 nitrogen and oxygen atoms in total. The summed E-state index contributed by atoms with van der Waals surface area (Å²) in [5, 5.41) is 3.49. The zero-order chi connectivity index (χ0) is 13.2. The van der Waals surface area contributed by atoms with Crippen molar-refractivity contribution >= 4 is 5.95 Å². The van der Waals surface area contributed by atoms with E-state index in [1.165, 1.54) is 12.8 Å². The molecule has 2 aliphatic heterocycles. The van der Waals surface area contributed by atoms with E-state index < -0.39 is 0 Å². The molecule has 0 amide bonds. The van der Waals surface area contributed by atoms with Crippen LogP contribution in [0.4, 0.5) is 5.95 Å². The molecule has 2 unspecified atom stereocenters. The van der Waals surface area contributed by atoms with Gasteiger partial charge in [0.15, 0.2) is 0 Å². The van der Waals surface area contributed by atoms with Crippen LogP contribution in [0.5, 0.6) is 5.88 Å². The van der Waals surface area contributed by atoms with Crippen molar-refractivity contribution in [3.63, 3.8) is 0 Å². The van der Waals surface area contributed by atoms with E-state index in [2.05, 4.69) is 20.2 Å². The average molecular weight is 262 g/mol. The summed E-state index contributed by atoms with van der Waals surface area (Å²) < 4.78 is 5.54. The molecule has 1 N–H and O–H groups in total. The van der Waals surface area contributed by atoms with E-state index in [0.717, 1.165) is 37.2 Å². The molecule has 3 rings (SSSR count). The Labute approximate surface area is 114 Å². The van der Waals surface area contributed by atoms with E-state index in [9.17, 15) is 0 Å². The highest BCUT2D eigenvalue weighted by Crippen LogP contribution is 2.29. The first-order valence-electron chi connectivity index (χ1n) is 7.23. The minimum Gasteiger partial charge on any atom is -0.478 e. The Morgan fingerprint density at radius 3 is 3.16 bits per heavy atom. The van der Waals surface area contributed by atoms with Crippen molar-refractivity contribution < 1.29 is 4.74 Å². The van der Waals surface area contributed by atoms with Crippen LogP contribution in [0.2, 0.25) is 0 Å². The van der Waals surface area contributed by atoms with Crippen LogP contribution in [0.1, 0.15) is 25.5 Å². The van der Waals surface area contributed by atoms with Crippen molar-refractivity contribution in [3.8, 4) is 5.88 Å². The standard InChI is InChI=1S/C14H22N4O/c1-3-19-13-7-10(2)16-14(17-13)18-6-4-5-11-8-15-9-12(11)18/h7,11-12,15H,3-6,8-9H2,1-2H3. The van der Waals surface area contributed by atoms with Crippen molar-refractivity contribution in [2.24, 2.45) is 5.92 Å². The predicted molar refractivity (Wildman–Crippen MR) is 74.7 cm³/mol. The van der Waals surface area contributed by atoms with Gasteiger partial charge in [0.2, 0.25) is 11.8 Å². The highest BCUT2D eigenvalue weighted by molar-refractivity contribution is 5.37. The Morgan fingerprint density at radius 1 is 1.42 bits per heavy atom. The summed E-state index contributed by atoms with van der Waals surface area (Å²) in [6.07, 6.45) is 2.54. The normalized spacial score (nSPS) is 26.3. The van der Waals surface area contributed by atoms with Gasteiger partial charge in [-0.25, -0.2) is 4.98 Å². The Morgan fingerprint density at radius 2 is 2.32 bits per heavy atom. The number of aryl methyl sites for hydroxylation is 1. The summed E-state index contributed by atoms with van der Waals surface area (Å²) >= 11 is 0. The minimum atomic E-state index is 0.546. The van der Waals surface area contributed by atoms with E-state index in [4.69, 9.17) is 4.74 Å². The van der Waals surface area contributed by atoms with E-state index in [1.54, 1.807) is 0 Å². The van der Waals surface area contributed by atoms with Crippen LogP contribution in [0.3, 0.4) is 0 Å². The number of rotatable bonds is 3. The van der Waals surface area contributed by atoms with Crippen molar-refractivity contribution in [2.45, 2.75) is 32.7 Å². The maximum Gasteiger partial charge on any atom is 0.229 e. The largest absolute Gasteiger partial charge is 0.478 e. The van der Waals surface area contributed by atoms with Gasteiger partial charge in [0.25, 0.3) is 0 Å². The molecular weight excluding hydrogens is 240 g/mol. The van der Waals surface area contributed by atoms with Gasteiger partial charge in [-0.1, -0.05) is 0 Å². The highest BCUT2D eigenvalue weighted by atomic mass is 16.5. The number of hydrogen-bond acceptors (Lipinski definition) is 5. The van der Waals surface area contributed by atoms with E-state index in [-0.39, 0.29) is 0 Å². The first-order chi connectivity index (χ1) is 9.28. The van der Waals surface area contributed by atoms with Gasteiger partial charge in [-0.05, 0) is 32.6 Å². The maximum atomic E-state index is 5.54. The Bertz CT molecular complexity index is 451. The Balaban J connectivity index is 1.87. The lowest BCUT2D eigenvalue weighted by molar-refractivity contribution is 0.323.